The molecular formula is C14H11Cl2FO. The maximum absolute atomic E-state index is 13.1. The molecule has 0 radical (unpaired) electrons. The van der Waals surface area contributed by atoms with E-state index in [2.05, 4.69) is 0 Å². The van der Waals surface area contributed by atoms with E-state index < -0.39 is 0 Å². The number of hydrogen-bond donors (Lipinski definition) is 0. The molecule has 0 aromatic heterocycles. The molecular weight excluding hydrogens is 274 g/mol. The van der Waals surface area contributed by atoms with Gasteiger partial charge in [-0.1, -0.05) is 17.7 Å². The van der Waals surface area contributed by atoms with Crippen LogP contribution in [0.2, 0.25) is 5.02 Å². The maximum Gasteiger partial charge on any atom is 0.132 e. The molecule has 0 spiro atoms. The molecule has 0 atom stereocenters. The Labute approximate surface area is 115 Å². The molecule has 0 bridgehead atoms. The molecule has 1 nitrogen and oxygen atoms in total. The van der Waals surface area contributed by atoms with Crippen molar-refractivity contribution in [3.05, 3.63) is 58.4 Å². The molecule has 18 heavy (non-hydrogen) atoms. The molecule has 0 aliphatic carbocycles. The quantitative estimate of drug-likeness (QED) is 0.693. The summed E-state index contributed by atoms with van der Waals surface area (Å²) in [6.45, 7) is 1.91. The standard InChI is InChI=1S/C14H11Cl2FO/c1-9-2-3-11(16)7-14(9)18-13-5-4-12(17)6-10(13)8-15/h2-7H,8H2,1H3. The maximum atomic E-state index is 13.1. The molecule has 0 heterocycles. The van der Waals surface area contributed by atoms with Crippen LogP contribution in [0.1, 0.15) is 11.1 Å². The Morgan fingerprint density at radius 2 is 1.89 bits per heavy atom. The highest BCUT2D eigenvalue weighted by atomic mass is 35.5. The fourth-order valence-electron chi connectivity index (χ4n) is 1.55. The van der Waals surface area contributed by atoms with Crippen molar-refractivity contribution in [1.29, 1.82) is 0 Å². The summed E-state index contributed by atoms with van der Waals surface area (Å²) >= 11 is 11.7. The van der Waals surface area contributed by atoms with Crippen LogP contribution in [0.15, 0.2) is 36.4 Å². The number of rotatable bonds is 3. The van der Waals surface area contributed by atoms with Crippen molar-refractivity contribution in [3.63, 3.8) is 0 Å². The predicted molar refractivity (Wildman–Crippen MR) is 72.2 cm³/mol. The summed E-state index contributed by atoms with van der Waals surface area (Å²) in [5.74, 6) is 1.03. The third-order valence-electron chi connectivity index (χ3n) is 2.54. The van der Waals surface area contributed by atoms with Crippen molar-refractivity contribution in [1.82, 2.24) is 0 Å². The minimum atomic E-state index is -0.333. The second kappa shape index (κ2) is 5.59. The average molecular weight is 285 g/mol. The topological polar surface area (TPSA) is 9.23 Å². The first kappa shape index (κ1) is 13.2. The van der Waals surface area contributed by atoms with E-state index in [-0.39, 0.29) is 11.7 Å². The fourth-order valence-corrected chi connectivity index (χ4v) is 1.93. The lowest BCUT2D eigenvalue weighted by Crippen LogP contribution is -1.92. The van der Waals surface area contributed by atoms with E-state index in [1.54, 1.807) is 18.2 Å². The molecule has 0 aliphatic rings. The minimum Gasteiger partial charge on any atom is -0.457 e. The van der Waals surface area contributed by atoms with E-state index in [1.807, 2.05) is 13.0 Å². The Bertz CT molecular complexity index is 570. The van der Waals surface area contributed by atoms with Crippen LogP contribution in [0.25, 0.3) is 0 Å². The van der Waals surface area contributed by atoms with Crippen LogP contribution in [0, 0.1) is 12.7 Å². The highest BCUT2D eigenvalue weighted by molar-refractivity contribution is 6.30. The highest BCUT2D eigenvalue weighted by Crippen LogP contribution is 2.31. The lowest BCUT2D eigenvalue weighted by molar-refractivity contribution is 0.472. The highest BCUT2D eigenvalue weighted by Gasteiger charge is 2.08. The summed E-state index contributed by atoms with van der Waals surface area (Å²) < 4.78 is 18.8. The zero-order chi connectivity index (χ0) is 13.1. The van der Waals surface area contributed by atoms with Crippen molar-refractivity contribution in [2.24, 2.45) is 0 Å². The number of alkyl halides is 1. The van der Waals surface area contributed by atoms with Gasteiger partial charge >= 0.3 is 0 Å². The Kier molecular flexibility index (Phi) is 4.10. The van der Waals surface area contributed by atoms with Crippen LogP contribution in [0.5, 0.6) is 11.5 Å². The third-order valence-corrected chi connectivity index (χ3v) is 3.06. The van der Waals surface area contributed by atoms with E-state index in [1.165, 1.54) is 12.1 Å². The SMILES string of the molecule is Cc1ccc(Cl)cc1Oc1ccc(F)cc1CCl. The smallest absolute Gasteiger partial charge is 0.132 e. The van der Waals surface area contributed by atoms with Gasteiger partial charge in [-0.15, -0.1) is 11.6 Å². The van der Waals surface area contributed by atoms with Gasteiger partial charge in [0.1, 0.15) is 17.3 Å². The average Bonchev–Trinajstić information content (AvgIpc) is 2.36. The molecule has 4 heteroatoms. The fraction of sp³-hybridized carbons (Fsp3) is 0.143. The second-order valence-corrected chi connectivity index (χ2v) is 4.60. The lowest BCUT2D eigenvalue weighted by atomic mass is 10.2. The predicted octanol–water partition coefficient (Wildman–Crippen LogP) is 5.32. The van der Waals surface area contributed by atoms with Crippen LogP contribution in [0.3, 0.4) is 0 Å². The first-order chi connectivity index (χ1) is 8.60. The van der Waals surface area contributed by atoms with Gasteiger partial charge in [0, 0.05) is 10.6 Å². The van der Waals surface area contributed by atoms with Crippen LogP contribution >= 0.6 is 23.2 Å². The van der Waals surface area contributed by atoms with E-state index in [9.17, 15) is 4.39 Å². The normalized spacial score (nSPS) is 10.4. The summed E-state index contributed by atoms with van der Waals surface area (Å²) in [5.41, 5.74) is 1.56. The molecule has 0 amide bonds. The van der Waals surface area contributed by atoms with Crippen LogP contribution < -0.4 is 4.74 Å². The molecule has 2 aromatic rings. The van der Waals surface area contributed by atoms with Crippen molar-refractivity contribution in [2.45, 2.75) is 12.8 Å². The van der Waals surface area contributed by atoms with Crippen molar-refractivity contribution >= 4 is 23.2 Å². The Morgan fingerprint density at radius 3 is 2.61 bits per heavy atom. The van der Waals surface area contributed by atoms with Gasteiger partial charge in [-0.3, -0.25) is 0 Å². The van der Waals surface area contributed by atoms with Gasteiger partial charge in [0.25, 0.3) is 0 Å². The van der Waals surface area contributed by atoms with Gasteiger partial charge in [0.15, 0.2) is 0 Å². The largest absolute Gasteiger partial charge is 0.457 e. The van der Waals surface area contributed by atoms with Gasteiger partial charge in [-0.05, 0) is 42.8 Å². The molecule has 0 aliphatic heterocycles. The third kappa shape index (κ3) is 2.95. The summed E-state index contributed by atoms with van der Waals surface area (Å²) in [6, 6.07) is 9.64. The number of ether oxygens (including phenoxy) is 1. The van der Waals surface area contributed by atoms with Crippen LogP contribution in [-0.4, -0.2) is 0 Å². The van der Waals surface area contributed by atoms with E-state index in [0.29, 0.717) is 22.1 Å². The van der Waals surface area contributed by atoms with E-state index in [0.717, 1.165) is 5.56 Å². The summed E-state index contributed by atoms with van der Waals surface area (Å²) in [7, 11) is 0. The lowest BCUT2D eigenvalue weighted by Gasteiger charge is -2.12. The van der Waals surface area contributed by atoms with Crippen molar-refractivity contribution in [2.75, 3.05) is 0 Å². The molecule has 94 valence electrons. The molecule has 2 aromatic carbocycles. The first-order valence-corrected chi connectivity index (χ1v) is 6.30. The van der Waals surface area contributed by atoms with E-state index in [4.69, 9.17) is 27.9 Å². The number of halogens is 3. The summed E-state index contributed by atoms with van der Waals surface area (Å²) in [6.07, 6.45) is 0. The molecule has 0 unspecified atom stereocenters. The van der Waals surface area contributed by atoms with Gasteiger partial charge in [-0.2, -0.15) is 0 Å². The van der Waals surface area contributed by atoms with Gasteiger partial charge in [-0.25, -0.2) is 4.39 Å². The van der Waals surface area contributed by atoms with Gasteiger partial charge in [0.05, 0.1) is 5.88 Å². The second-order valence-electron chi connectivity index (χ2n) is 3.90. The van der Waals surface area contributed by atoms with Gasteiger partial charge < -0.3 is 4.74 Å². The number of aryl methyl sites for hydroxylation is 1. The monoisotopic (exact) mass is 284 g/mol. The van der Waals surface area contributed by atoms with Gasteiger partial charge in [0.2, 0.25) is 0 Å². The van der Waals surface area contributed by atoms with Crippen LogP contribution in [0.4, 0.5) is 4.39 Å². The van der Waals surface area contributed by atoms with Crippen molar-refractivity contribution < 1.29 is 9.13 Å². The Balaban J connectivity index is 2.36. The van der Waals surface area contributed by atoms with Crippen LogP contribution in [-0.2, 0) is 5.88 Å². The zero-order valence-electron chi connectivity index (χ0n) is 9.71. The number of hydrogen-bond acceptors (Lipinski definition) is 1. The molecule has 0 saturated carbocycles. The van der Waals surface area contributed by atoms with E-state index >= 15 is 0 Å². The molecule has 0 saturated heterocycles. The molecule has 0 N–H and O–H groups in total. The zero-order valence-corrected chi connectivity index (χ0v) is 11.2. The minimum absolute atomic E-state index is 0.187. The molecule has 0 fully saturated rings. The molecule has 2 rings (SSSR count). The summed E-state index contributed by atoms with van der Waals surface area (Å²) in [5, 5.41) is 0.588. The Morgan fingerprint density at radius 1 is 1.11 bits per heavy atom. The Hall–Kier alpha value is -1.25. The summed E-state index contributed by atoms with van der Waals surface area (Å²) in [4.78, 5) is 0. The first-order valence-electron chi connectivity index (χ1n) is 5.38. The number of benzene rings is 2. The van der Waals surface area contributed by atoms with Crippen molar-refractivity contribution in [3.8, 4) is 11.5 Å².